The third-order valence-corrected chi connectivity index (χ3v) is 7.38. The first-order chi connectivity index (χ1) is 11.7. The molecular weight excluding hydrogens is 338 g/mol. The average Bonchev–Trinajstić information content (AvgIpc) is 2.94. The lowest BCUT2D eigenvalue weighted by atomic mass is 9.69. The van der Waals surface area contributed by atoms with Gasteiger partial charge in [0.2, 0.25) is 10.0 Å². The Hall–Kier alpha value is -1.60. The minimum atomic E-state index is -3.59. The Morgan fingerprint density at radius 2 is 1.76 bits per heavy atom. The van der Waals surface area contributed by atoms with Crippen molar-refractivity contribution in [3.63, 3.8) is 0 Å². The fourth-order valence-corrected chi connectivity index (χ4v) is 5.08. The molecular formula is C18H27N3O3S. The molecule has 6 nitrogen and oxygen atoms in total. The highest BCUT2D eigenvalue weighted by Gasteiger charge is 2.33. The zero-order chi connectivity index (χ0) is 18.2. The Kier molecular flexibility index (Phi) is 4.81. The molecule has 3 N–H and O–H groups in total. The molecule has 0 spiro atoms. The van der Waals surface area contributed by atoms with Crippen molar-refractivity contribution >= 4 is 21.1 Å². The monoisotopic (exact) mass is 365 g/mol. The van der Waals surface area contributed by atoms with E-state index in [2.05, 4.69) is 35.5 Å². The lowest BCUT2D eigenvalue weighted by Gasteiger charge is -2.39. The highest BCUT2D eigenvalue weighted by atomic mass is 32.2. The van der Waals surface area contributed by atoms with Crippen LogP contribution in [0.1, 0.15) is 52.9 Å². The molecule has 25 heavy (non-hydrogen) atoms. The normalized spacial score (nSPS) is 22.4. The zero-order valence-corrected chi connectivity index (χ0v) is 15.9. The van der Waals surface area contributed by atoms with E-state index < -0.39 is 10.0 Å². The predicted octanol–water partition coefficient (Wildman–Crippen LogP) is 3.13. The number of sulfonamides is 1. The second-order valence-electron chi connectivity index (χ2n) is 7.80. The molecule has 0 amide bonds. The van der Waals surface area contributed by atoms with Crippen LogP contribution >= 0.6 is 0 Å². The van der Waals surface area contributed by atoms with Gasteiger partial charge in [-0.15, -0.1) is 0 Å². The Labute approximate surface area is 148 Å². The molecule has 7 heteroatoms. The number of benzene rings is 1. The van der Waals surface area contributed by atoms with Gasteiger partial charge >= 0.3 is 5.69 Å². The first kappa shape index (κ1) is 18.2. The second kappa shape index (κ2) is 6.61. The van der Waals surface area contributed by atoms with Crippen LogP contribution in [0, 0.1) is 11.3 Å². The zero-order valence-electron chi connectivity index (χ0n) is 15.1. The number of hydrogen-bond acceptors (Lipinski definition) is 3. The first-order valence-electron chi connectivity index (χ1n) is 8.95. The molecule has 138 valence electrons. The van der Waals surface area contributed by atoms with Crippen LogP contribution in [0.25, 0.3) is 11.0 Å². The third kappa shape index (κ3) is 3.82. The van der Waals surface area contributed by atoms with Crippen LogP contribution in [0.3, 0.4) is 0 Å². The van der Waals surface area contributed by atoms with E-state index in [-0.39, 0.29) is 16.6 Å². The van der Waals surface area contributed by atoms with Gasteiger partial charge in [0.15, 0.2) is 0 Å². The van der Waals surface area contributed by atoms with Gasteiger partial charge in [0.05, 0.1) is 15.9 Å². The first-order valence-corrected chi connectivity index (χ1v) is 10.4. The summed E-state index contributed by atoms with van der Waals surface area (Å²) in [6.07, 6.45) is 4.99. The van der Waals surface area contributed by atoms with Crippen molar-refractivity contribution in [2.24, 2.45) is 11.3 Å². The molecule has 0 atom stereocenters. The SMILES string of the molecule is CCC(C)(C)C1CCC(NS(=O)(=O)c2ccc3[nH]c(=O)[nH]c3c2)CC1. The largest absolute Gasteiger partial charge is 0.323 e. The van der Waals surface area contributed by atoms with Crippen LogP contribution in [0.15, 0.2) is 27.9 Å². The molecule has 0 aliphatic heterocycles. The fourth-order valence-electron chi connectivity index (χ4n) is 3.75. The molecule has 1 saturated carbocycles. The summed E-state index contributed by atoms with van der Waals surface area (Å²) in [6, 6.07) is 4.62. The summed E-state index contributed by atoms with van der Waals surface area (Å²) in [5, 5.41) is 0. The van der Waals surface area contributed by atoms with Crippen molar-refractivity contribution in [3.05, 3.63) is 28.7 Å². The molecule has 1 heterocycles. The number of hydrogen-bond donors (Lipinski definition) is 3. The van der Waals surface area contributed by atoms with Crippen molar-refractivity contribution in [1.82, 2.24) is 14.7 Å². The predicted molar refractivity (Wildman–Crippen MR) is 99.1 cm³/mol. The van der Waals surface area contributed by atoms with E-state index in [1.165, 1.54) is 12.1 Å². The maximum absolute atomic E-state index is 12.7. The minimum Gasteiger partial charge on any atom is -0.306 e. The van der Waals surface area contributed by atoms with Gasteiger partial charge in [-0.1, -0.05) is 27.2 Å². The van der Waals surface area contributed by atoms with E-state index in [4.69, 9.17) is 0 Å². The molecule has 0 unspecified atom stereocenters. The lowest BCUT2D eigenvalue weighted by Crippen LogP contribution is -2.39. The highest BCUT2D eigenvalue weighted by Crippen LogP contribution is 2.40. The molecule has 1 fully saturated rings. The molecule has 1 aliphatic carbocycles. The molecule has 3 rings (SSSR count). The van der Waals surface area contributed by atoms with Crippen molar-refractivity contribution in [2.45, 2.75) is 63.8 Å². The molecule has 1 aromatic heterocycles. The second-order valence-corrected chi connectivity index (χ2v) is 9.51. The van der Waals surface area contributed by atoms with Crippen molar-refractivity contribution in [2.75, 3.05) is 0 Å². The van der Waals surface area contributed by atoms with Crippen LogP contribution in [-0.4, -0.2) is 24.4 Å². The molecule has 0 radical (unpaired) electrons. The molecule has 0 saturated heterocycles. The van der Waals surface area contributed by atoms with Gasteiger partial charge in [-0.2, -0.15) is 0 Å². The summed E-state index contributed by atoms with van der Waals surface area (Å²) in [4.78, 5) is 16.7. The summed E-state index contributed by atoms with van der Waals surface area (Å²) in [5.74, 6) is 0.652. The van der Waals surface area contributed by atoms with Crippen molar-refractivity contribution in [1.29, 1.82) is 0 Å². The number of fused-ring (bicyclic) bond motifs is 1. The number of nitrogens with one attached hydrogen (secondary N) is 3. The lowest BCUT2D eigenvalue weighted by molar-refractivity contribution is 0.142. The van der Waals surface area contributed by atoms with Crippen molar-refractivity contribution < 1.29 is 8.42 Å². The molecule has 0 bridgehead atoms. The van der Waals surface area contributed by atoms with Crippen LogP contribution in [-0.2, 0) is 10.0 Å². The summed E-state index contributed by atoms with van der Waals surface area (Å²) in [7, 11) is -3.59. The number of H-pyrrole nitrogens is 2. The summed E-state index contributed by atoms with van der Waals surface area (Å²) >= 11 is 0. The minimum absolute atomic E-state index is 0.0186. The molecule has 1 aliphatic rings. The number of imidazole rings is 1. The number of aromatic amines is 2. The fraction of sp³-hybridized carbons (Fsp3) is 0.611. The maximum Gasteiger partial charge on any atom is 0.323 e. The van der Waals surface area contributed by atoms with Gasteiger partial charge in [-0.3, -0.25) is 0 Å². The van der Waals surface area contributed by atoms with Gasteiger partial charge < -0.3 is 9.97 Å². The Morgan fingerprint density at radius 3 is 2.40 bits per heavy atom. The summed E-state index contributed by atoms with van der Waals surface area (Å²) < 4.78 is 28.2. The standard InChI is InChI=1S/C18H27N3O3S/c1-4-18(2,3)12-5-7-13(8-6-12)21-25(23,24)14-9-10-15-16(11-14)20-17(22)19-15/h9-13,21H,4-8H2,1-3H3,(H2,19,20,22). The van der Waals surface area contributed by atoms with Gasteiger partial charge in [-0.05, 0) is 55.2 Å². The van der Waals surface area contributed by atoms with E-state index in [1.54, 1.807) is 6.07 Å². The Morgan fingerprint density at radius 1 is 1.12 bits per heavy atom. The quantitative estimate of drug-likeness (QED) is 0.760. The van der Waals surface area contributed by atoms with Gasteiger partial charge in [0.25, 0.3) is 0 Å². The van der Waals surface area contributed by atoms with E-state index >= 15 is 0 Å². The maximum atomic E-state index is 12.7. The topological polar surface area (TPSA) is 94.8 Å². The van der Waals surface area contributed by atoms with E-state index in [1.807, 2.05) is 0 Å². The Bertz CT molecular complexity index is 903. The molecule has 1 aromatic carbocycles. The third-order valence-electron chi connectivity index (χ3n) is 5.86. The van der Waals surface area contributed by atoms with Crippen LogP contribution < -0.4 is 10.4 Å². The molecule has 2 aromatic rings. The van der Waals surface area contributed by atoms with E-state index in [0.717, 1.165) is 32.1 Å². The van der Waals surface area contributed by atoms with Gasteiger partial charge in [0, 0.05) is 6.04 Å². The van der Waals surface area contributed by atoms with E-state index in [0.29, 0.717) is 22.4 Å². The van der Waals surface area contributed by atoms with Crippen LogP contribution in [0.2, 0.25) is 0 Å². The van der Waals surface area contributed by atoms with Crippen LogP contribution in [0.4, 0.5) is 0 Å². The van der Waals surface area contributed by atoms with Gasteiger partial charge in [-0.25, -0.2) is 17.9 Å². The number of aromatic nitrogens is 2. The van der Waals surface area contributed by atoms with Gasteiger partial charge in [0.1, 0.15) is 0 Å². The van der Waals surface area contributed by atoms with Crippen molar-refractivity contribution in [3.8, 4) is 0 Å². The van der Waals surface area contributed by atoms with Crippen LogP contribution in [0.5, 0.6) is 0 Å². The smallest absolute Gasteiger partial charge is 0.306 e. The number of rotatable bonds is 5. The van der Waals surface area contributed by atoms with E-state index in [9.17, 15) is 13.2 Å². The average molecular weight is 365 g/mol. The summed E-state index contributed by atoms with van der Waals surface area (Å²) in [5.41, 5.74) is 1.08. The summed E-state index contributed by atoms with van der Waals surface area (Å²) in [6.45, 7) is 6.82. The Balaban J connectivity index is 1.70. The highest BCUT2D eigenvalue weighted by molar-refractivity contribution is 7.89.